The summed E-state index contributed by atoms with van der Waals surface area (Å²) in [6, 6.07) is 0. The Bertz CT molecular complexity index is 503. The maximum Gasteiger partial charge on any atom is 0.244 e. The van der Waals surface area contributed by atoms with Crippen molar-refractivity contribution in [2.75, 3.05) is 13.6 Å². The highest BCUT2D eigenvalue weighted by atomic mass is 32.2. The van der Waals surface area contributed by atoms with Crippen molar-refractivity contribution in [3.8, 4) is 0 Å². The first kappa shape index (κ1) is 13.0. The average molecular weight is 275 g/mol. The number of nitrogens with zero attached hydrogens (tertiary/aromatic N) is 1. The van der Waals surface area contributed by atoms with E-state index in [9.17, 15) is 13.5 Å². The highest BCUT2D eigenvalue weighted by Gasteiger charge is 2.31. The lowest BCUT2D eigenvalue weighted by molar-refractivity contribution is 0.282. The standard InChI is InChI=1S/C11H17NO3S2/c1-8-7-16-10(6-13)11(8)17(14,15)12(2)5-9-3-4-9/h7,9,13H,3-6H2,1-2H3. The van der Waals surface area contributed by atoms with Crippen molar-refractivity contribution < 1.29 is 13.5 Å². The number of thiophene rings is 1. The predicted octanol–water partition coefficient (Wildman–Crippen LogP) is 1.58. The quantitative estimate of drug-likeness (QED) is 0.887. The van der Waals surface area contributed by atoms with Crippen molar-refractivity contribution in [3.63, 3.8) is 0 Å². The molecule has 0 amide bonds. The van der Waals surface area contributed by atoms with Crippen LogP contribution in [0.2, 0.25) is 0 Å². The molecular formula is C11H17NO3S2. The van der Waals surface area contributed by atoms with Gasteiger partial charge in [0.05, 0.1) is 11.5 Å². The number of hydrogen-bond donors (Lipinski definition) is 1. The van der Waals surface area contributed by atoms with Crippen LogP contribution in [0.5, 0.6) is 0 Å². The van der Waals surface area contributed by atoms with Crippen LogP contribution in [-0.2, 0) is 16.6 Å². The smallest absolute Gasteiger partial charge is 0.244 e. The molecule has 2 rings (SSSR count). The third kappa shape index (κ3) is 2.54. The van der Waals surface area contributed by atoms with Gasteiger partial charge in [0.2, 0.25) is 10.0 Å². The van der Waals surface area contributed by atoms with E-state index in [2.05, 4.69) is 0 Å². The van der Waals surface area contributed by atoms with Crippen molar-refractivity contribution in [2.45, 2.75) is 31.3 Å². The second-order valence-corrected chi connectivity index (χ2v) is 7.50. The first-order valence-corrected chi connectivity index (χ1v) is 7.93. The van der Waals surface area contributed by atoms with E-state index in [0.717, 1.165) is 18.4 Å². The molecule has 0 aliphatic heterocycles. The van der Waals surface area contributed by atoms with E-state index in [0.29, 0.717) is 22.2 Å². The van der Waals surface area contributed by atoms with Crippen LogP contribution in [0.15, 0.2) is 10.3 Å². The van der Waals surface area contributed by atoms with Crippen molar-refractivity contribution in [3.05, 3.63) is 15.8 Å². The second-order valence-electron chi connectivity index (χ2n) is 4.56. The van der Waals surface area contributed by atoms with Gasteiger partial charge in [-0.3, -0.25) is 0 Å². The van der Waals surface area contributed by atoms with E-state index in [1.807, 2.05) is 0 Å². The molecule has 1 aromatic heterocycles. The lowest BCUT2D eigenvalue weighted by Crippen LogP contribution is -2.29. The van der Waals surface area contributed by atoms with E-state index in [1.165, 1.54) is 15.6 Å². The fourth-order valence-electron chi connectivity index (χ4n) is 1.86. The number of aryl methyl sites for hydroxylation is 1. The maximum absolute atomic E-state index is 12.4. The highest BCUT2D eigenvalue weighted by molar-refractivity contribution is 7.89. The minimum Gasteiger partial charge on any atom is -0.391 e. The summed E-state index contributed by atoms with van der Waals surface area (Å²) in [4.78, 5) is 0.832. The molecule has 0 atom stereocenters. The lowest BCUT2D eigenvalue weighted by Gasteiger charge is -2.17. The molecule has 0 saturated heterocycles. The van der Waals surface area contributed by atoms with Gasteiger partial charge in [-0.1, -0.05) is 0 Å². The van der Waals surface area contributed by atoms with Gasteiger partial charge in [-0.15, -0.1) is 11.3 Å². The van der Waals surface area contributed by atoms with E-state index in [1.54, 1.807) is 19.4 Å². The van der Waals surface area contributed by atoms with Crippen molar-refractivity contribution in [2.24, 2.45) is 5.92 Å². The summed E-state index contributed by atoms with van der Waals surface area (Å²) in [5, 5.41) is 11.0. The summed E-state index contributed by atoms with van der Waals surface area (Å²) in [5.74, 6) is 0.520. The molecule has 96 valence electrons. The van der Waals surface area contributed by atoms with Gasteiger partial charge >= 0.3 is 0 Å². The van der Waals surface area contributed by atoms with Crippen LogP contribution in [0, 0.1) is 12.8 Å². The Balaban J connectivity index is 2.32. The zero-order chi connectivity index (χ0) is 12.6. The van der Waals surface area contributed by atoms with Crippen LogP contribution in [0.1, 0.15) is 23.3 Å². The molecule has 1 heterocycles. The molecule has 0 bridgehead atoms. The zero-order valence-electron chi connectivity index (χ0n) is 10.0. The number of rotatable bonds is 5. The first-order valence-electron chi connectivity index (χ1n) is 5.61. The number of aliphatic hydroxyl groups is 1. The topological polar surface area (TPSA) is 57.6 Å². The Hall–Kier alpha value is -0.430. The van der Waals surface area contributed by atoms with Crippen LogP contribution in [0.4, 0.5) is 0 Å². The molecule has 6 heteroatoms. The SMILES string of the molecule is Cc1csc(CO)c1S(=O)(=O)N(C)CC1CC1. The zero-order valence-corrected chi connectivity index (χ0v) is 11.6. The molecular weight excluding hydrogens is 258 g/mol. The molecule has 1 aliphatic carbocycles. The number of hydrogen-bond acceptors (Lipinski definition) is 4. The van der Waals surface area contributed by atoms with Gasteiger partial charge in [0.1, 0.15) is 4.90 Å². The van der Waals surface area contributed by atoms with E-state index in [-0.39, 0.29) is 6.61 Å². The summed E-state index contributed by atoms with van der Waals surface area (Å²) in [5.41, 5.74) is 0.724. The summed E-state index contributed by atoms with van der Waals surface area (Å²) in [6.45, 7) is 2.14. The Morgan fingerprint density at radius 2 is 2.18 bits per heavy atom. The Kier molecular flexibility index (Phi) is 3.58. The van der Waals surface area contributed by atoms with Crippen molar-refractivity contribution in [1.29, 1.82) is 0 Å². The Morgan fingerprint density at radius 3 is 2.71 bits per heavy atom. The van der Waals surface area contributed by atoms with Gasteiger partial charge in [-0.05, 0) is 36.6 Å². The van der Waals surface area contributed by atoms with E-state index in [4.69, 9.17) is 0 Å². The molecule has 1 fully saturated rings. The van der Waals surface area contributed by atoms with E-state index < -0.39 is 10.0 Å². The molecule has 1 saturated carbocycles. The minimum atomic E-state index is -3.44. The summed E-state index contributed by atoms with van der Waals surface area (Å²) >= 11 is 1.30. The average Bonchev–Trinajstić information content (AvgIpc) is 2.99. The molecule has 0 spiro atoms. The van der Waals surface area contributed by atoms with Gasteiger partial charge < -0.3 is 5.11 Å². The summed E-state index contributed by atoms with van der Waals surface area (Å²) in [7, 11) is -1.82. The van der Waals surface area contributed by atoms with Crippen molar-refractivity contribution in [1.82, 2.24) is 4.31 Å². The van der Waals surface area contributed by atoms with Gasteiger partial charge in [0, 0.05) is 13.6 Å². The molecule has 17 heavy (non-hydrogen) atoms. The molecule has 0 aromatic carbocycles. The third-order valence-electron chi connectivity index (χ3n) is 3.01. The summed E-state index contributed by atoms with van der Waals surface area (Å²) < 4.78 is 26.2. The third-order valence-corrected chi connectivity index (χ3v) is 6.29. The molecule has 1 N–H and O–H groups in total. The van der Waals surface area contributed by atoms with E-state index >= 15 is 0 Å². The Morgan fingerprint density at radius 1 is 1.53 bits per heavy atom. The molecule has 0 radical (unpaired) electrons. The monoisotopic (exact) mass is 275 g/mol. The van der Waals surface area contributed by atoms with Gasteiger partial charge in [0.15, 0.2) is 0 Å². The normalized spacial score (nSPS) is 16.7. The second kappa shape index (κ2) is 4.68. The van der Waals surface area contributed by atoms with Crippen LogP contribution >= 0.6 is 11.3 Å². The Labute approximate surface area is 106 Å². The number of aliphatic hydroxyl groups excluding tert-OH is 1. The fourth-order valence-corrected chi connectivity index (χ4v) is 4.71. The van der Waals surface area contributed by atoms with Gasteiger partial charge in [0.25, 0.3) is 0 Å². The highest BCUT2D eigenvalue weighted by Crippen LogP contribution is 2.33. The molecule has 1 aromatic rings. The van der Waals surface area contributed by atoms with Crippen LogP contribution in [0.25, 0.3) is 0 Å². The van der Waals surface area contributed by atoms with Crippen LogP contribution < -0.4 is 0 Å². The minimum absolute atomic E-state index is 0.218. The lowest BCUT2D eigenvalue weighted by atomic mass is 10.3. The first-order chi connectivity index (χ1) is 7.96. The maximum atomic E-state index is 12.4. The van der Waals surface area contributed by atoms with Gasteiger partial charge in [-0.2, -0.15) is 0 Å². The fraction of sp³-hybridized carbons (Fsp3) is 0.636. The van der Waals surface area contributed by atoms with Crippen LogP contribution in [0.3, 0.4) is 0 Å². The van der Waals surface area contributed by atoms with Crippen LogP contribution in [-0.4, -0.2) is 31.4 Å². The predicted molar refractivity (Wildman–Crippen MR) is 67.5 cm³/mol. The number of sulfonamides is 1. The molecule has 1 aliphatic rings. The summed E-state index contributed by atoms with van der Waals surface area (Å²) in [6.07, 6.45) is 2.24. The largest absolute Gasteiger partial charge is 0.391 e. The van der Waals surface area contributed by atoms with Crippen molar-refractivity contribution >= 4 is 21.4 Å². The molecule has 0 unspecified atom stereocenters. The molecule has 4 nitrogen and oxygen atoms in total. The van der Waals surface area contributed by atoms with Gasteiger partial charge in [-0.25, -0.2) is 12.7 Å².